The number of thioether (sulfide) groups is 1. The molecule has 0 saturated heterocycles. The SMILES string of the molecule is CC(C)=C(CC#N)Sc1ccccc1. The number of hydrogen-bond acceptors (Lipinski definition) is 2. The van der Waals surface area contributed by atoms with E-state index >= 15 is 0 Å². The molecule has 0 spiro atoms. The Labute approximate surface area is 89.4 Å². The number of rotatable bonds is 3. The number of nitrogens with zero attached hydrogens (tertiary/aromatic N) is 1. The first-order valence-electron chi connectivity index (χ1n) is 4.50. The van der Waals surface area contributed by atoms with Gasteiger partial charge in [-0.05, 0) is 26.0 Å². The van der Waals surface area contributed by atoms with Crippen LogP contribution in [0.1, 0.15) is 20.3 Å². The average Bonchev–Trinajstić information content (AvgIpc) is 2.18. The predicted octanol–water partition coefficient (Wildman–Crippen LogP) is 3.99. The van der Waals surface area contributed by atoms with Crippen LogP contribution in [0, 0.1) is 11.3 Å². The van der Waals surface area contributed by atoms with E-state index in [4.69, 9.17) is 5.26 Å². The molecule has 0 atom stereocenters. The van der Waals surface area contributed by atoms with E-state index in [1.807, 2.05) is 32.0 Å². The second-order valence-corrected chi connectivity index (χ2v) is 4.34. The van der Waals surface area contributed by atoms with Gasteiger partial charge >= 0.3 is 0 Å². The van der Waals surface area contributed by atoms with E-state index in [0.717, 1.165) is 4.91 Å². The topological polar surface area (TPSA) is 23.8 Å². The number of benzene rings is 1. The van der Waals surface area contributed by atoms with Crippen LogP contribution in [0.4, 0.5) is 0 Å². The van der Waals surface area contributed by atoms with Gasteiger partial charge < -0.3 is 0 Å². The maximum atomic E-state index is 8.67. The Morgan fingerprint density at radius 1 is 1.29 bits per heavy atom. The molecule has 0 aliphatic carbocycles. The fourth-order valence-electron chi connectivity index (χ4n) is 1.02. The monoisotopic (exact) mass is 203 g/mol. The lowest BCUT2D eigenvalue weighted by atomic mass is 10.3. The van der Waals surface area contributed by atoms with Crippen molar-refractivity contribution in [2.75, 3.05) is 0 Å². The van der Waals surface area contributed by atoms with Crippen LogP contribution in [-0.2, 0) is 0 Å². The summed E-state index contributed by atoms with van der Waals surface area (Å²) in [7, 11) is 0. The molecule has 1 nitrogen and oxygen atoms in total. The Hall–Kier alpha value is -1.20. The first-order chi connectivity index (χ1) is 6.74. The highest BCUT2D eigenvalue weighted by Crippen LogP contribution is 2.30. The third-order valence-corrected chi connectivity index (χ3v) is 3.09. The lowest BCUT2D eigenvalue weighted by Gasteiger charge is -2.05. The fourth-order valence-corrected chi connectivity index (χ4v) is 1.94. The van der Waals surface area contributed by atoms with Crippen molar-refractivity contribution < 1.29 is 0 Å². The van der Waals surface area contributed by atoms with E-state index in [9.17, 15) is 0 Å². The molecule has 0 aliphatic rings. The summed E-state index contributed by atoms with van der Waals surface area (Å²) in [6, 6.07) is 12.3. The van der Waals surface area contributed by atoms with Gasteiger partial charge in [-0.15, -0.1) is 0 Å². The average molecular weight is 203 g/mol. The number of allylic oxidation sites excluding steroid dienone is 2. The quantitative estimate of drug-likeness (QED) is 0.694. The van der Waals surface area contributed by atoms with Gasteiger partial charge in [0.2, 0.25) is 0 Å². The Balaban J connectivity index is 2.77. The van der Waals surface area contributed by atoms with Gasteiger partial charge in [0.25, 0.3) is 0 Å². The molecular formula is C12H13NS. The van der Waals surface area contributed by atoms with Gasteiger partial charge in [-0.25, -0.2) is 0 Å². The van der Waals surface area contributed by atoms with Crippen molar-refractivity contribution in [3.8, 4) is 6.07 Å². The highest BCUT2D eigenvalue weighted by atomic mass is 32.2. The van der Waals surface area contributed by atoms with Crippen LogP contribution in [0.5, 0.6) is 0 Å². The molecule has 0 saturated carbocycles. The Morgan fingerprint density at radius 3 is 2.43 bits per heavy atom. The highest BCUT2D eigenvalue weighted by Gasteiger charge is 2.01. The molecule has 72 valence electrons. The molecule has 14 heavy (non-hydrogen) atoms. The van der Waals surface area contributed by atoms with Gasteiger partial charge in [-0.3, -0.25) is 0 Å². The zero-order valence-electron chi connectivity index (χ0n) is 8.45. The van der Waals surface area contributed by atoms with Gasteiger partial charge in [-0.2, -0.15) is 5.26 Å². The smallest absolute Gasteiger partial charge is 0.0675 e. The normalized spacial score (nSPS) is 9.21. The van der Waals surface area contributed by atoms with Crippen LogP contribution in [0.25, 0.3) is 0 Å². The van der Waals surface area contributed by atoms with Crippen molar-refractivity contribution in [3.63, 3.8) is 0 Å². The third kappa shape index (κ3) is 3.27. The van der Waals surface area contributed by atoms with E-state index < -0.39 is 0 Å². The van der Waals surface area contributed by atoms with Crippen molar-refractivity contribution in [2.45, 2.75) is 25.2 Å². The van der Waals surface area contributed by atoms with Gasteiger partial charge in [0.1, 0.15) is 0 Å². The summed E-state index contributed by atoms with van der Waals surface area (Å²) in [4.78, 5) is 2.35. The van der Waals surface area contributed by atoms with Crippen molar-refractivity contribution in [3.05, 3.63) is 40.8 Å². The summed E-state index contributed by atoms with van der Waals surface area (Å²) in [6.07, 6.45) is 0.502. The molecule has 0 fully saturated rings. The summed E-state index contributed by atoms with van der Waals surface area (Å²) in [5, 5.41) is 8.67. The third-order valence-electron chi connectivity index (χ3n) is 1.78. The van der Waals surface area contributed by atoms with E-state index in [0.29, 0.717) is 6.42 Å². The largest absolute Gasteiger partial charge is 0.198 e. The van der Waals surface area contributed by atoms with Crippen molar-refractivity contribution in [2.24, 2.45) is 0 Å². The van der Waals surface area contributed by atoms with Crippen molar-refractivity contribution >= 4 is 11.8 Å². The summed E-state index contributed by atoms with van der Waals surface area (Å²) >= 11 is 1.68. The Kier molecular flexibility index (Phi) is 4.28. The second-order valence-electron chi connectivity index (χ2n) is 3.17. The van der Waals surface area contributed by atoms with Crippen LogP contribution < -0.4 is 0 Å². The standard InChI is InChI=1S/C12H13NS/c1-10(2)12(8-9-13)14-11-6-4-3-5-7-11/h3-7H,8H2,1-2H3. The first kappa shape index (κ1) is 10.9. The summed E-state index contributed by atoms with van der Waals surface area (Å²) < 4.78 is 0. The summed E-state index contributed by atoms with van der Waals surface area (Å²) in [5.41, 5.74) is 1.22. The molecule has 0 radical (unpaired) electrons. The molecule has 0 aromatic heterocycles. The molecule has 2 heteroatoms. The molecular weight excluding hydrogens is 190 g/mol. The summed E-state index contributed by atoms with van der Waals surface area (Å²) in [6.45, 7) is 4.09. The van der Waals surface area contributed by atoms with Gasteiger partial charge in [0, 0.05) is 9.80 Å². The van der Waals surface area contributed by atoms with Crippen molar-refractivity contribution in [1.82, 2.24) is 0 Å². The molecule has 0 unspecified atom stereocenters. The van der Waals surface area contributed by atoms with E-state index in [1.54, 1.807) is 11.8 Å². The minimum atomic E-state index is 0.502. The molecule has 0 aliphatic heterocycles. The highest BCUT2D eigenvalue weighted by molar-refractivity contribution is 8.03. The van der Waals surface area contributed by atoms with Crippen LogP contribution >= 0.6 is 11.8 Å². The summed E-state index contributed by atoms with van der Waals surface area (Å²) in [5.74, 6) is 0. The lowest BCUT2D eigenvalue weighted by molar-refractivity contribution is 1.24. The Morgan fingerprint density at radius 2 is 1.93 bits per heavy atom. The minimum Gasteiger partial charge on any atom is -0.198 e. The van der Waals surface area contributed by atoms with Crippen molar-refractivity contribution in [1.29, 1.82) is 5.26 Å². The molecule has 1 rings (SSSR count). The van der Waals surface area contributed by atoms with E-state index in [-0.39, 0.29) is 0 Å². The van der Waals surface area contributed by atoms with E-state index in [2.05, 4.69) is 18.2 Å². The van der Waals surface area contributed by atoms with Crippen LogP contribution in [0.3, 0.4) is 0 Å². The Bertz CT molecular complexity index is 356. The van der Waals surface area contributed by atoms with E-state index in [1.165, 1.54) is 10.5 Å². The number of nitriles is 1. The minimum absolute atomic E-state index is 0.502. The molecule has 0 N–H and O–H groups in total. The maximum Gasteiger partial charge on any atom is 0.0675 e. The van der Waals surface area contributed by atoms with Gasteiger partial charge in [-0.1, -0.05) is 35.5 Å². The molecule has 0 bridgehead atoms. The maximum absolute atomic E-state index is 8.67. The first-order valence-corrected chi connectivity index (χ1v) is 5.32. The zero-order valence-corrected chi connectivity index (χ0v) is 9.27. The molecule has 1 aromatic rings. The van der Waals surface area contributed by atoms with Crippen LogP contribution in [0.15, 0.2) is 45.7 Å². The molecule has 0 heterocycles. The molecule has 0 amide bonds. The van der Waals surface area contributed by atoms with Gasteiger partial charge in [0.05, 0.1) is 12.5 Å². The number of hydrogen-bond donors (Lipinski definition) is 0. The van der Waals surface area contributed by atoms with Gasteiger partial charge in [0.15, 0.2) is 0 Å². The fraction of sp³-hybridized carbons (Fsp3) is 0.250. The lowest BCUT2D eigenvalue weighted by Crippen LogP contribution is -1.80. The van der Waals surface area contributed by atoms with Crippen LogP contribution in [-0.4, -0.2) is 0 Å². The second kappa shape index (κ2) is 5.51. The molecule has 1 aromatic carbocycles. The van der Waals surface area contributed by atoms with Crippen LogP contribution in [0.2, 0.25) is 0 Å². The zero-order chi connectivity index (χ0) is 10.4. The predicted molar refractivity (Wildman–Crippen MR) is 60.9 cm³/mol.